The van der Waals surface area contributed by atoms with Crippen LogP contribution in [-0.2, 0) is 18.3 Å². The van der Waals surface area contributed by atoms with Crippen LogP contribution in [0.15, 0.2) is 30.3 Å². The first-order chi connectivity index (χ1) is 10.1. The molecule has 0 aliphatic rings. The molecule has 0 unspecified atom stereocenters. The van der Waals surface area contributed by atoms with Crippen molar-refractivity contribution in [1.82, 2.24) is 10.2 Å². The Hall–Kier alpha value is -1.95. The summed E-state index contributed by atoms with van der Waals surface area (Å²) in [6, 6.07) is 8.93. The molecule has 112 valence electrons. The number of carbonyl (C=O) groups excluding carboxylic acids is 1. The van der Waals surface area contributed by atoms with Gasteiger partial charge in [-0.3, -0.25) is 9.66 Å². The highest BCUT2D eigenvalue weighted by molar-refractivity contribution is 7.62. The van der Waals surface area contributed by atoms with E-state index >= 15 is 0 Å². The normalized spacial score (nSPS) is 11.4. The highest BCUT2D eigenvalue weighted by atomic mass is 31.2. The minimum absolute atomic E-state index is 0.0213. The first kappa shape index (κ1) is 15.4. The molecule has 0 spiro atoms. The largest absolute Gasteiger partial charge is 0.464 e. The lowest BCUT2D eigenvalue weighted by atomic mass is 10.1. The molecule has 2 rings (SSSR count). The van der Waals surface area contributed by atoms with Crippen LogP contribution in [-0.4, -0.2) is 37.5 Å². The number of hydrogen-bond acceptors (Lipinski definition) is 6. The number of aromatic nitrogens is 2. The van der Waals surface area contributed by atoms with Gasteiger partial charge in [0.15, 0.2) is 11.1 Å². The van der Waals surface area contributed by atoms with Crippen molar-refractivity contribution < 1.29 is 23.1 Å². The summed E-state index contributed by atoms with van der Waals surface area (Å²) in [5.41, 5.74) is 1.12. The lowest BCUT2D eigenvalue weighted by molar-refractivity contribution is 0.0595. The van der Waals surface area contributed by atoms with E-state index in [1.165, 1.54) is 21.3 Å². The van der Waals surface area contributed by atoms with Crippen LogP contribution in [0.5, 0.6) is 0 Å². The second-order valence-corrected chi connectivity index (χ2v) is 6.19. The minimum Gasteiger partial charge on any atom is -0.464 e. The van der Waals surface area contributed by atoms with Crippen LogP contribution in [0.25, 0.3) is 11.1 Å². The summed E-state index contributed by atoms with van der Waals surface area (Å²) in [5.74, 6) is -0.643. The molecule has 0 saturated carbocycles. The number of hydrogen-bond donors (Lipinski definition) is 1. The van der Waals surface area contributed by atoms with Gasteiger partial charge in [0, 0.05) is 14.2 Å². The molecule has 1 aromatic carbocycles. The van der Waals surface area contributed by atoms with Crippen LogP contribution in [0.1, 0.15) is 10.5 Å². The second kappa shape index (κ2) is 6.22. The smallest absolute Gasteiger partial charge is 0.379 e. The van der Waals surface area contributed by atoms with Crippen LogP contribution in [0, 0.1) is 0 Å². The Morgan fingerprint density at radius 1 is 1.14 bits per heavy atom. The van der Waals surface area contributed by atoms with Gasteiger partial charge in [-0.2, -0.15) is 5.10 Å². The average molecular weight is 310 g/mol. The van der Waals surface area contributed by atoms with Gasteiger partial charge < -0.3 is 13.8 Å². The molecule has 0 atom stereocenters. The summed E-state index contributed by atoms with van der Waals surface area (Å²) in [7, 11) is 0.179. The summed E-state index contributed by atoms with van der Waals surface area (Å²) < 4.78 is 27.2. The maximum Gasteiger partial charge on any atom is 0.379 e. The molecule has 0 aliphatic carbocycles. The number of carbonyl (C=O) groups is 1. The zero-order valence-electron chi connectivity index (χ0n) is 11.8. The Bertz CT molecular complexity index is 675. The van der Waals surface area contributed by atoms with Gasteiger partial charge in [0.25, 0.3) is 0 Å². The van der Waals surface area contributed by atoms with Crippen LogP contribution in [0.3, 0.4) is 0 Å². The second-order valence-electron chi connectivity index (χ2n) is 4.02. The molecule has 0 saturated heterocycles. The molecule has 2 aromatic rings. The molecule has 1 N–H and O–H groups in total. The first-order valence-corrected chi connectivity index (χ1v) is 7.55. The van der Waals surface area contributed by atoms with E-state index in [0.717, 1.165) is 0 Å². The Balaban J connectivity index is 2.71. The number of benzene rings is 1. The van der Waals surface area contributed by atoms with Gasteiger partial charge in [0.2, 0.25) is 0 Å². The minimum atomic E-state index is -3.59. The van der Waals surface area contributed by atoms with Crippen molar-refractivity contribution in [3.63, 3.8) is 0 Å². The Kier molecular flexibility index (Phi) is 4.57. The van der Waals surface area contributed by atoms with Crippen molar-refractivity contribution in [2.75, 3.05) is 21.3 Å². The summed E-state index contributed by atoms with van der Waals surface area (Å²) >= 11 is 0. The quantitative estimate of drug-likeness (QED) is 0.671. The third-order valence-electron chi connectivity index (χ3n) is 2.94. The maximum absolute atomic E-state index is 12.6. The highest BCUT2D eigenvalue weighted by Crippen LogP contribution is 2.47. The summed E-state index contributed by atoms with van der Waals surface area (Å²) in [4.78, 5) is 11.8. The number of methoxy groups -OCH3 is 1. The molecule has 0 aliphatic heterocycles. The molecule has 0 bridgehead atoms. The summed E-state index contributed by atoms with van der Waals surface area (Å²) in [6.45, 7) is 0. The third kappa shape index (κ3) is 2.76. The number of ether oxygens (including phenoxy) is 1. The van der Waals surface area contributed by atoms with Gasteiger partial charge >= 0.3 is 13.6 Å². The number of rotatable bonds is 5. The van der Waals surface area contributed by atoms with E-state index in [0.29, 0.717) is 11.1 Å². The van der Waals surface area contributed by atoms with E-state index in [4.69, 9.17) is 13.8 Å². The first-order valence-electron chi connectivity index (χ1n) is 6.01. The van der Waals surface area contributed by atoms with Gasteiger partial charge in [-0.1, -0.05) is 30.3 Å². The van der Waals surface area contributed by atoms with Gasteiger partial charge in [-0.05, 0) is 5.56 Å². The topological polar surface area (TPSA) is 90.5 Å². The number of nitrogens with one attached hydrogen (secondary N) is 1. The van der Waals surface area contributed by atoms with Crippen LogP contribution >= 0.6 is 7.60 Å². The lowest BCUT2D eigenvalue weighted by Crippen LogP contribution is -2.13. The average Bonchev–Trinajstić information content (AvgIpc) is 2.99. The van der Waals surface area contributed by atoms with E-state index < -0.39 is 13.6 Å². The van der Waals surface area contributed by atoms with E-state index in [2.05, 4.69) is 10.2 Å². The number of aromatic amines is 1. The lowest BCUT2D eigenvalue weighted by Gasteiger charge is -2.13. The molecule has 0 fully saturated rings. The van der Waals surface area contributed by atoms with Crippen molar-refractivity contribution >= 4 is 19.0 Å². The fourth-order valence-corrected chi connectivity index (χ4v) is 3.11. The predicted octanol–water partition coefficient (Wildman–Crippen LogP) is 1.97. The van der Waals surface area contributed by atoms with Crippen molar-refractivity contribution in [3.8, 4) is 11.1 Å². The third-order valence-corrected chi connectivity index (χ3v) is 4.78. The SMILES string of the molecule is COC(=O)c1n[nH]c(P(=O)(OC)OC)c1-c1ccccc1. The summed E-state index contributed by atoms with van der Waals surface area (Å²) in [6.07, 6.45) is 0. The van der Waals surface area contributed by atoms with Crippen molar-refractivity contribution in [2.24, 2.45) is 0 Å². The van der Waals surface area contributed by atoms with Crippen molar-refractivity contribution in [1.29, 1.82) is 0 Å². The number of H-pyrrole nitrogens is 1. The molecular formula is C13H15N2O5P. The van der Waals surface area contributed by atoms with Crippen LogP contribution < -0.4 is 5.44 Å². The van der Waals surface area contributed by atoms with E-state index in [9.17, 15) is 9.36 Å². The van der Waals surface area contributed by atoms with E-state index in [1.54, 1.807) is 24.3 Å². The molecule has 1 heterocycles. The standard InChI is InChI=1S/C13H15N2O5P/c1-18-13(16)11-10(9-7-5-4-6-8-9)12(15-14-11)21(17,19-2)20-3/h4-8H,1-3H3,(H,14,15). The Morgan fingerprint density at radius 2 is 1.76 bits per heavy atom. The summed E-state index contributed by atoms with van der Waals surface area (Å²) in [5, 5.41) is 6.46. The molecule has 1 aromatic heterocycles. The van der Waals surface area contributed by atoms with Gasteiger partial charge in [-0.25, -0.2) is 4.79 Å². The van der Waals surface area contributed by atoms with Gasteiger partial charge in [0.05, 0.1) is 12.7 Å². The molecule has 7 nitrogen and oxygen atoms in total. The highest BCUT2D eigenvalue weighted by Gasteiger charge is 2.34. The predicted molar refractivity (Wildman–Crippen MR) is 76.6 cm³/mol. The van der Waals surface area contributed by atoms with Crippen LogP contribution in [0.4, 0.5) is 0 Å². The van der Waals surface area contributed by atoms with Crippen LogP contribution in [0.2, 0.25) is 0 Å². The molecule has 8 heteroatoms. The number of esters is 1. The van der Waals surface area contributed by atoms with E-state index in [-0.39, 0.29) is 11.1 Å². The molecule has 0 radical (unpaired) electrons. The Labute approximate surface area is 121 Å². The van der Waals surface area contributed by atoms with Crippen molar-refractivity contribution in [2.45, 2.75) is 0 Å². The molecular weight excluding hydrogens is 295 g/mol. The van der Waals surface area contributed by atoms with E-state index in [1.807, 2.05) is 6.07 Å². The van der Waals surface area contributed by atoms with Gasteiger partial charge in [-0.15, -0.1) is 0 Å². The zero-order valence-corrected chi connectivity index (χ0v) is 12.7. The van der Waals surface area contributed by atoms with Crippen molar-refractivity contribution in [3.05, 3.63) is 36.0 Å². The monoisotopic (exact) mass is 310 g/mol. The Morgan fingerprint density at radius 3 is 2.29 bits per heavy atom. The fourth-order valence-electron chi connectivity index (χ4n) is 1.91. The number of nitrogens with zero attached hydrogens (tertiary/aromatic N) is 1. The fraction of sp³-hybridized carbons (Fsp3) is 0.231. The maximum atomic E-state index is 12.6. The molecule has 21 heavy (non-hydrogen) atoms. The zero-order chi connectivity index (χ0) is 15.5. The molecule has 0 amide bonds. The van der Waals surface area contributed by atoms with Gasteiger partial charge in [0.1, 0.15) is 0 Å².